The normalized spacial score (nSPS) is 11.7. The number of nitrogens with two attached hydrogens (primary N) is 1. The Hall–Kier alpha value is -2.14. The Morgan fingerprint density at radius 1 is 1.16 bits per heavy atom. The predicted molar refractivity (Wildman–Crippen MR) is 106 cm³/mol. The summed E-state index contributed by atoms with van der Waals surface area (Å²) in [6, 6.07) is 8.45. The van der Waals surface area contributed by atoms with Crippen LogP contribution in [0.15, 0.2) is 35.6 Å². The summed E-state index contributed by atoms with van der Waals surface area (Å²) < 4.78 is 1.62. The van der Waals surface area contributed by atoms with Gasteiger partial charge in [0.25, 0.3) is 0 Å². The van der Waals surface area contributed by atoms with Gasteiger partial charge < -0.3 is 5.73 Å². The van der Waals surface area contributed by atoms with Crippen LogP contribution < -0.4 is 5.73 Å². The zero-order valence-electron chi connectivity index (χ0n) is 15.8. The molecule has 1 aromatic heterocycles. The fourth-order valence-corrected chi connectivity index (χ4v) is 2.80. The highest BCUT2D eigenvalue weighted by atomic mass is 15.4. The minimum Gasteiger partial charge on any atom is -0.368 e. The Labute approximate surface area is 151 Å². The van der Waals surface area contributed by atoms with Crippen molar-refractivity contribution >= 4 is 12.2 Å². The maximum atomic E-state index is 5.86. The molecule has 2 N–H and O–H groups in total. The summed E-state index contributed by atoms with van der Waals surface area (Å²) in [5.41, 5.74) is 9.16. The van der Waals surface area contributed by atoms with Crippen molar-refractivity contribution in [1.82, 2.24) is 14.6 Å². The van der Waals surface area contributed by atoms with Crippen LogP contribution >= 0.6 is 0 Å². The van der Waals surface area contributed by atoms with Crippen molar-refractivity contribution in [3.63, 3.8) is 0 Å². The smallest absolute Gasteiger partial charge is 0.221 e. The lowest BCUT2D eigenvalue weighted by atomic mass is 10.1. The van der Waals surface area contributed by atoms with Crippen molar-refractivity contribution < 1.29 is 0 Å². The minimum atomic E-state index is 0.416. The van der Waals surface area contributed by atoms with Crippen molar-refractivity contribution in [2.24, 2.45) is 5.10 Å². The molecular weight excluding hydrogens is 310 g/mol. The first-order valence-electron chi connectivity index (χ1n) is 9.30. The number of nitrogens with zero attached hydrogens (tertiary/aromatic N) is 4. The number of imidazole rings is 1. The van der Waals surface area contributed by atoms with E-state index in [-0.39, 0.29) is 0 Å². The molecule has 0 atom stereocenters. The standard InChI is InChI=1S/C20H31N5/c1-4-6-12-24(13-7-5-2)16-19-11-9-8-10-18(19)14-22-25-15-17(3)23-20(25)21/h8-11,14-15H,4-7,12-13,16H2,1-3H3,(H2,21,23). The van der Waals surface area contributed by atoms with E-state index in [9.17, 15) is 0 Å². The first-order chi connectivity index (χ1) is 12.1. The van der Waals surface area contributed by atoms with E-state index in [1.807, 2.05) is 19.3 Å². The monoisotopic (exact) mass is 341 g/mol. The van der Waals surface area contributed by atoms with Gasteiger partial charge in [-0.2, -0.15) is 5.10 Å². The first kappa shape index (κ1) is 19.2. The van der Waals surface area contributed by atoms with E-state index in [2.05, 4.69) is 53.1 Å². The van der Waals surface area contributed by atoms with Crippen molar-refractivity contribution in [2.45, 2.75) is 53.0 Å². The summed E-state index contributed by atoms with van der Waals surface area (Å²) in [4.78, 5) is 6.73. The van der Waals surface area contributed by atoms with Crippen LogP contribution in [-0.2, 0) is 6.54 Å². The van der Waals surface area contributed by atoms with Gasteiger partial charge in [-0.15, -0.1) is 0 Å². The Morgan fingerprint density at radius 3 is 2.44 bits per heavy atom. The van der Waals surface area contributed by atoms with E-state index in [0.717, 1.165) is 30.9 Å². The first-order valence-corrected chi connectivity index (χ1v) is 9.30. The highest BCUT2D eigenvalue weighted by molar-refractivity contribution is 5.81. The number of nitrogen functional groups attached to an aromatic ring is 1. The second-order valence-electron chi connectivity index (χ2n) is 6.51. The van der Waals surface area contributed by atoms with Gasteiger partial charge >= 0.3 is 0 Å². The summed E-state index contributed by atoms with van der Waals surface area (Å²) in [7, 11) is 0. The molecule has 0 aliphatic rings. The number of unbranched alkanes of at least 4 members (excludes halogenated alkanes) is 2. The largest absolute Gasteiger partial charge is 0.368 e. The van der Waals surface area contributed by atoms with E-state index < -0.39 is 0 Å². The summed E-state index contributed by atoms with van der Waals surface area (Å²) >= 11 is 0. The topological polar surface area (TPSA) is 59.4 Å². The van der Waals surface area contributed by atoms with Gasteiger partial charge in [-0.25, -0.2) is 9.66 Å². The van der Waals surface area contributed by atoms with Gasteiger partial charge in [0.05, 0.1) is 18.1 Å². The molecule has 0 fully saturated rings. The van der Waals surface area contributed by atoms with Crippen molar-refractivity contribution in [1.29, 1.82) is 0 Å². The van der Waals surface area contributed by atoms with Crippen LogP contribution in [0.4, 0.5) is 5.95 Å². The van der Waals surface area contributed by atoms with Gasteiger partial charge in [-0.1, -0.05) is 51.0 Å². The van der Waals surface area contributed by atoms with E-state index in [0.29, 0.717) is 5.95 Å². The maximum Gasteiger partial charge on any atom is 0.221 e. The highest BCUT2D eigenvalue weighted by Crippen LogP contribution is 2.13. The van der Waals surface area contributed by atoms with Crippen molar-refractivity contribution in [3.05, 3.63) is 47.3 Å². The van der Waals surface area contributed by atoms with Gasteiger partial charge in [0, 0.05) is 6.54 Å². The lowest BCUT2D eigenvalue weighted by Crippen LogP contribution is -2.26. The van der Waals surface area contributed by atoms with Gasteiger partial charge in [0.2, 0.25) is 5.95 Å². The maximum absolute atomic E-state index is 5.86. The molecule has 0 unspecified atom stereocenters. The van der Waals surface area contributed by atoms with E-state index in [1.54, 1.807) is 4.68 Å². The molecule has 25 heavy (non-hydrogen) atoms. The number of rotatable bonds is 10. The van der Waals surface area contributed by atoms with Gasteiger partial charge in [-0.05, 0) is 44.0 Å². The third-order valence-corrected chi connectivity index (χ3v) is 4.26. The average molecular weight is 342 g/mol. The summed E-state index contributed by atoms with van der Waals surface area (Å²) in [6.45, 7) is 9.66. The second kappa shape index (κ2) is 9.99. The van der Waals surface area contributed by atoms with Crippen LogP contribution in [0.5, 0.6) is 0 Å². The molecule has 5 heteroatoms. The SMILES string of the molecule is CCCCN(CCCC)Cc1ccccc1C=Nn1cc(C)nc1N. The zero-order chi connectivity index (χ0) is 18.1. The Morgan fingerprint density at radius 2 is 1.84 bits per heavy atom. The Balaban J connectivity index is 2.13. The molecule has 0 aliphatic carbocycles. The number of hydrogen-bond acceptors (Lipinski definition) is 4. The Bertz CT molecular complexity index is 666. The predicted octanol–water partition coefficient (Wildman–Crippen LogP) is 4.06. The molecule has 0 bridgehead atoms. The molecule has 0 aliphatic heterocycles. The summed E-state index contributed by atoms with van der Waals surface area (Å²) in [5, 5.41) is 4.47. The Kier molecular flexibility index (Phi) is 7.67. The zero-order valence-corrected chi connectivity index (χ0v) is 15.8. The molecule has 5 nitrogen and oxygen atoms in total. The molecule has 0 amide bonds. The number of hydrogen-bond donors (Lipinski definition) is 1. The number of aromatic nitrogens is 2. The molecular formula is C20H31N5. The van der Waals surface area contributed by atoms with E-state index in [4.69, 9.17) is 5.73 Å². The molecule has 1 heterocycles. The van der Waals surface area contributed by atoms with Gasteiger partial charge in [0.1, 0.15) is 0 Å². The van der Waals surface area contributed by atoms with Gasteiger partial charge in [-0.3, -0.25) is 4.90 Å². The molecule has 0 spiro atoms. The fraction of sp³-hybridized carbons (Fsp3) is 0.500. The minimum absolute atomic E-state index is 0.416. The highest BCUT2D eigenvalue weighted by Gasteiger charge is 2.08. The summed E-state index contributed by atoms with van der Waals surface area (Å²) in [6.07, 6.45) is 8.65. The lowest BCUT2D eigenvalue weighted by molar-refractivity contribution is 0.257. The molecule has 0 saturated heterocycles. The molecule has 2 aromatic rings. The fourth-order valence-electron chi connectivity index (χ4n) is 2.80. The second-order valence-corrected chi connectivity index (χ2v) is 6.51. The number of aryl methyl sites for hydroxylation is 1. The van der Waals surface area contributed by atoms with Crippen LogP contribution in [0.25, 0.3) is 0 Å². The van der Waals surface area contributed by atoms with Crippen LogP contribution in [0, 0.1) is 6.92 Å². The van der Waals surface area contributed by atoms with Crippen molar-refractivity contribution in [2.75, 3.05) is 18.8 Å². The van der Waals surface area contributed by atoms with E-state index >= 15 is 0 Å². The third kappa shape index (κ3) is 6.02. The molecule has 2 rings (SSSR count). The molecule has 1 aromatic carbocycles. The van der Waals surface area contributed by atoms with E-state index in [1.165, 1.54) is 31.2 Å². The van der Waals surface area contributed by atoms with Crippen LogP contribution in [0.3, 0.4) is 0 Å². The third-order valence-electron chi connectivity index (χ3n) is 4.26. The number of benzene rings is 1. The van der Waals surface area contributed by atoms with Crippen LogP contribution in [-0.4, -0.2) is 33.9 Å². The number of anilines is 1. The average Bonchev–Trinajstić information content (AvgIpc) is 2.93. The molecule has 0 saturated carbocycles. The van der Waals surface area contributed by atoms with Crippen molar-refractivity contribution in [3.8, 4) is 0 Å². The van der Waals surface area contributed by atoms with Crippen LogP contribution in [0.2, 0.25) is 0 Å². The quantitative estimate of drug-likeness (QED) is 0.663. The summed E-state index contributed by atoms with van der Waals surface area (Å²) in [5.74, 6) is 0.416. The van der Waals surface area contributed by atoms with Gasteiger partial charge in [0.15, 0.2) is 0 Å². The van der Waals surface area contributed by atoms with Crippen LogP contribution in [0.1, 0.15) is 56.4 Å². The molecule has 0 radical (unpaired) electrons. The lowest BCUT2D eigenvalue weighted by Gasteiger charge is -2.23. The molecule has 136 valence electrons.